The Morgan fingerprint density at radius 1 is 0.944 bits per heavy atom. The van der Waals surface area contributed by atoms with Gasteiger partial charge in [0.05, 0.1) is 0 Å². The maximum Gasteiger partial charge on any atom is 0.141 e. The lowest BCUT2D eigenvalue weighted by Crippen LogP contribution is -1.86. The molecular weight excluding hydrogens is 222 g/mol. The van der Waals surface area contributed by atoms with E-state index >= 15 is 0 Å². The molecule has 18 heavy (non-hydrogen) atoms. The first-order valence-electron chi connectivity index (χ1n) is 5.97. The van der Waals surface area contributed by atoms with Gasteiger partial charge in [0, 0.05) is 5.69 Å². The standard InChI is InChI=1S/C16H17NO/c1-11-8-12(2)10-14(9-11)5-6-15-16(18)7-4-13(3)17-15/h4-10,18H,1-3H3. The number of hydrogen-bond acceptors (Lipinski definition) is 2. The topological polar surface area (TPSA) is 33.1 Å². The van der Waals surface area contributed by atoms with E-state index in [9.17, 15) is 5.11 Å². The molecule has 1 aromatic heterocycles. The van der Waals surface area contributed by atoms with Crippen molar-refractivity contribution >= 4 is 12.2 Å². The van der Waals surface area contributed by atoms with Gasteiger partial charge in [-0.05, 0) is 44.5 Å². The highest BCUT2D eigenvalue weighted by Gasteiger charge is 1.99. The van der Waals surface area contributed by atoms with E-state index in [4.69, 9.17) is 0 Å². The van der Waals surface area contributed by atoms with Crippen LogP contribution in [0.1, 0.15) is 28.1 Å². The van der Waals surface area contributed by atoms with Gasteiger partial charge in [0.2, 0.25) is 0 Å². The lowest BCUT2D eigenvalue weighted by molar-refractivity contribution is 0.471. The van der Waals surface area contributed by atoms with Crippen molar-refractivity contribution in [2.45, 2.75) is 20.8 Å². The normalized spacial score (nSPS) is 11.1. The largest absolute Gasteiger partial charge is 0.506 e. The van der Waals surface area contributed by atoms with E-state index in [1.807, 2.05) is 19.1 Å². The molecule has 0 aliphatic rings. The van der Waals surface area contributed by atoms with Gasteiger partial charge in [-0.3, -0.25) is 0 Å². The van der Waals surface area contributed by atoms with Gasteiger partial charge >= 0.3 is 0 Å². The molecule has 0 spiro atoms. The molecular formula is C16H17NO. The van der Waals surface area contributed by atoms with Gasteiger partial charge in [-0.2, -0.15) is 0 Å². The summed E-state index contributed by atoms with van der Waals surface area (Å²) in [5.41, 5.74) is 5.09. The number of benzene rings is 1. The first-order valence-corrected chi connectivity index (χ1v) is 5.97. The summed E-state index contributed by atoms with van der Waals surface area (Å²) >= 11 is 0. The molecule has 92 valence electrons. The molecule has 1 N–H and O–H groups in total. The third kappa shape index (κ3) is 2.98. The fourth-order valence-electron chi connectivity index (χ4n) is 1.97. The van der Waals surface area contributed by atoms with E-state index in [2.05, 4.69) is 37.0 Å². The average Bonchev–Trinajstić information content (AvgIpc) is 2.29. The number of nitrogens with zero attached hydrogens (tertiary/aromatic N) is 1. The maximum atomic E-state index is 9.71. The van der Waals surface area contributed by atoms with Crippen LogP contribution in [0.15, 0.2) is 30.3 Å². The van der Waals surface area contributed by atoms with Crippen LogP contribution in [0.3, 0.4) is 0 Å². The van der Waals surface area contributed by atoms with Gasteiger partial charge < -0.3 is 5.11 Å². The quantitative estimate of drug-likeness (QED) is 0.862. The van der Waals surface area contributed by atoms with E-state index in [1.165, 1.54) is 11.1 Å². The molecule has 0 unspecified atom stereocenters. The number of aryl methyl sites for hydroxylation is 3. The molecule has 0 atom stereocenters. The smallest absolute Gasteiger partial charge is 0.141 e. The molecule has 0 aliphatic carbocycles. The summed E-state index contributed by atoms with van der Waals surface area (Å²) in [6.45, 7) is 6.06. The first-order chi connectivity index (χ1) is 8.54. The highest BCUT2D eigenvalue weighted by Crippen LogP contribution is 2.18. The third-order valence-electron chi connectivity index (χ3n) is 2.72. The van der Waals surface area contributed by atoms with Gasteiger partial charge in [0.15, 0.2) is 0 Å². The number of aromatic nitrogens is 1. The Bertz CT molecular complexity index is 580. The fraction of sp³-hybridized carbons (Fsp3) is 0.188. The zero-order valence-electron chi connectivity index (χ0n) is 10.9. The Kier molecular flexibility index (Phi) is 3.47. The summed E-state index contributed by atoms with van der Waals surface area (Å²) < 4.78 is 0. The van der Waals surface area contributed by atoms with Gasteiger partial charge in [-0.1, -0.05) is 35.4 Å². The van der Waals surface area contributed by atoms with Crippen LogP contribution < -0.4 is 0 Å². The second kappa shape index (κ2) is 5.05. The molecule has 2 heteroatoms. The van der Waals surface area contributed by atoms with Gasteiger partial charge in [-0.15, -0.1) is 0 Å². The molecule has 0 bridgehead atoms. The van der Waals surface area contributed by atoms with Crippen molar-refractivity contribution in [3.05, 3.63) is 58.4 Å². The molecule has 2 nitrogen and oxygen atoms in total. The van der Waals surface area contributed by atoms with E-state index in [1.54, 1.807) is 12.1 Å². The highest BCUT2D eigenvalue weighted by atomic mass is 16.3. The minimum absolute atomic E-state index is 0.209. The number of hydrogen-bond donors (Lipinski definition) is 1. The second-order valence-corrected chi connectivity index (χ2v) is 4.61. The number of rotatable bonds is 2. The van der Waals surface area contributed by atoms with Crippen LogP contribution in [0.4, 0.5) is 0 Å². The molecule has 0 fully saturated rings. The molecule has 1 heterocycles. The lowest BCUT2D eigenvalue weighted by Gasteiger charge is -2.01. The average molecular weight is 239 g/mol. The van der Waals surface area contributed by atoms with Crippen molar-refractivity contribution in [2.75, 3.05) is 0 Å². The molecule has 0 amide bonds. The number of aromatic hydroxyl groups is 1. The Balaban J connectivity index is 2.32. The van der Waals surface area contributed by atoms with Crippen molar-refractivity contribution < 1.29 is 5.11 Å². The monoisotopic (exact) mass is 239 g/mol. The summed E-state index contributed by atoms with van der Waals surface area (Å²) in [5, 5.41) is 9.71. The number of pyridine rings is 1. The molecule has 2 aromatic rings. The zero-order chi connectivity index (χ0) is 13.1. The van der Waals surface area contributed by atoms with Crippen LogP contribution in [0.5, 0.6) is 5.75 Å². The second-order valence-electron chi connectivity index (χ2n) is 4.61. The minimum Gasteiger partial charge on any atom is -0.506 e. The summed E-state index contributed by atoms with van der Waals surface area (Å²) in [5.74, 6) is 0.209. The molecule has 1 aromatic carbocycles. The van der Waals surface area contributed by atoms with Crippen molar-refractivity contribution in [3.8, 4) is 5.75 Å². The Labute approximate surface area is 108 Å². The van der Waals surface area contributed by atoms with Gasteiger partial charge in [0.25, 0.3) is 0 Å². The summed E-state index contributed by atoms with van der Waals surface area (Å²) in [6, 6.07) is 9.82. The van der Waals surface area contributed by atoms with Gasteiger partial charge in [-0.25, -0.2) is 4.98 Å². The van der Waals surface area contributed by atoms with Gasteiger partial charge in [0.1, 0.15) is 11.4 Å². The van der Waals surface area contributed by atoms with E-state index in [0.717, 1.165) is 11.3 Å². The molecule has 2 rings (SSSR count). The fourth-order valence-corrected chi connectivity index (χ4v) is 1.97. The molecule has 0 radical (unpaired) electrons. The summed E-state index contributed by atoms with van der Waals surface area (Å²) in [4.78, 5) is 4.30. The molecule has 0 saturated heterocycles. The van der Waals surface area contributed by atoms with Crippen LogP contribution >= 0.6 is 0 Å². The van der Waals surface area contributed by atoms with Crippen molar-refractivity contribution in [2.24, 2.45) is 0 Å². The SMILES string of the molecule is Cc1cc(C)cc(C=Cc2nc(C)ccc2O)c1. The Morgan fingerprint density at radius 3 is 2.28 bits per heavy atom. The molecule has 0 saturated carbocycles. The summed E-state index contributed by atoms with van der Waals surface area (Å²) in [6.07, 6.45) is 3.82. The van der Waals surface area contributed by atoms with E-state index in [-0.39, 0.29) is 5.75 Å². The Hall–Kier alpha value is -2.09. The van der Waals surface area contributed by atoms with Crippen molar-refractivity contribution in [3.63, 3.8) is 0 Å². The van der Waals surface area contributed by atoms with E-state index in [0.29, 0.717) is 5.69 Å². The predicted octanol–water partition coefficient (Wildman–Crippen LogP) is 3.88. The van der Waals surface area contributed by atoms with Crippen LogP contribution in [0, 0.1) is 20.8 Å². The van der Waals surface area contributed by atoms with Crippen LogP contribution in [-0.4, -0.2) is 10.1 Å². The van der Waals surface area contributed by atoms with Crippen LogP contribution in [0.25, 0.3) is 12.2 Å². The zero-order valence-corrected chi connectivity index (χ0v) is 10.9. The third-order valence-corrected chi connectivity index (χ3v) is 2.72. The minimum atomic E-state index is 0.209. The van der Waals surface area contributed by atoms with Crippen LogP contribution in [-0.2, 0) is 0 Å². The van der Waals surface area contributed by atoms with Crippen molar-refractivity contribution in [1.29, 1.82) is 0 Å². The lowest BCUT2D eigenvalue weighted by atomic mass is 10.1. The maximum absolute atomic E-state index is 9.71. The van der Waals surface area contributed by atoms with Crippen LogP contribution in [0.2, 0.25) is 0 Å². The predicted molar refractivity (Wildman–Crippen MR) is 75.5 cm³/mol. The molecule has 0 aliphatic heterocycles. The highest BCUT2D eigenvalue weighted by molar-refractivity contribution is 5.71. The first kappa shape index (κ1) is 12.4. The van der Waals surface area contributed by atoms with E-state index < -0.39 is 0 Å². The Morgan fingerprint density at radius 2 is 1.61 bits per heavy atom. The summed E-state index contributed by atoms with van der Waals surface area (Å²) in [7, 11) is 0. The van der Waals surface area contributed by atoms with Crippen molar-refractivity contribution in [1.82, 2.24) is 4.98 Å².